The first-order valence-electron chi connectivity index (χ1n) is 6.92. The van der Waals surface area contributed by atoms with Crippen molar-refractivity contribution in [2.45, 2.75) is 0 Å². The van der Waals surface area contributed by atoms with Gasteiger partial charge in [0.05, 0.1) is 5.56 Å². The normalized spacial score (nSPS) is 11.0. The quantitative estimate of drug-likeness (QED) is 0.552. The Hall–Kier alpha value is -3.41. The molecule has 6 heteroatoms. The highest BCUT2D eigenvalue weighted by Crippen LogP contribution is 2.33. The smallest absolute Gasteiger partial charge is 0.262 e. The van der Waals surface area contributed by atoms with Crippen molar-refractivity contribution >= 4 is 10.8 Å². The van der Waals surface area contributed by atoms with Crippen molar-refractivity contribution in [3.05, 3.63) is 54.7 Å². The number of phenolic OH excluding ortho intramolecular Hbond substituents is 2. The maximum atomic E-state index is 9.89. The Morgan fingerprint density at radius 1 is 0.957 bits per heavy atom. The summed E-state index contributed by atoms with van der Waals surface area (Å²) in [6, 6.07) is 13.8. The SMILES string of the molecule is Oc1ccc(O)c(-c2nc(-c3nccc4ccccc34)no2)c1. The number of aromatic hydroxyl groups is 2. The van der Waals surface area contributed by atoms with E-state index in [-0.39, 0.29) is 23.0 Å². The summed E-state index contributed by atoms with van der Waals surface area (Å²) >= 11 is 0. The molecule has 23 heavy (non-hydrogen) atoms. The van der Waals surface area contributed by atoms with Crippen molar-refractivity contribution in [3.63, 3.8) is 0 Å². The number of aromatic nitrogens is 3. The number of nitrogens with zero attached hydrogens (tertiary/aromatic N) is 3. The van der Waals surface area contributed by atoms with Crippen molar-refractivity contribution in [1.29, 1.82) is 0 Å². The fraction of sp³-hybridized carbons (Fsp3) is 0. The van der Waals surface area contributed by atoms with Crippen LogP contribution in [0.2, 0.25) is 0 Å². The molecular weight excluding hydrogens is 294 g/mol. The molecule has 0 unspecified atom stereocenters. The van der Waals surface area contributed by atoms with Crippen LogP contribution in [0.3, 0.4) is 0 Å². The third-order valence-electron chi connectivity index (χ3n) is 3.52. The van der Waals surface area contributed by atoms with Gasteiger partial charge in [0.1, 0.15) is 17.2 Å². The molecule has 2 N–H and O–H groups in total. The monoisotopic (exact) mass is 305 g/mol. The van der Waals surface area contributed by atoms with E-state index in [4.69, 9.17) is 4.52 Å². The van der Waals surface area contributed by atoms with Gasteiger partial charge in [-0.3, -0.25) is 4.98 Å². The molecule has 0 spiro atoms. The molecule has 2 aromatic carbocycles. The summed E-state index contributed by atoms with van der Waals surface area (Å²) in [5.74, 6) is 0.382. The number of benzene rings is 2. The maximum absolute atomic E-state index is 9.89. The van der Waals surface area contributed by atoms with Gasteiger partial charge < -0.3 is 14.7 Å². The van der Waals surface area contributed by atoms with Crippen LogP contribution in [0.4, 0.5) is 0 Å². The molecule has 0 aliphatic rings. The molecule has 0 saturated heterocycles. The van der Waals surface area contributed by atoms with Crippen LogP contribution in [-0.4, -0.2) is 25.3 Å². The van der Waals surface area contributed by atoms with Crippen molar-refractivity contribution in [1.82, 2.24) is 15.1 Å². The number of rotatable bonds is 2. The van der Waals surface area contributed by atoms with Gasteiger partial charge in [-0.05, 0) is 29.7 Å². The van der Waals surface area contributed by atoms with E-state index in [1.54, 1.807) is 6.20 Å². The Morgan fingerprint density at radius 2 is 1.83 bits per heavy atom. The first-order valence-corrected chi connectivity index (χ1v) is 6.92. The Balaban J connectivity index is 1.86. The summed E-state index contributed by atoms with van der Waals surface area (Å²) in [5.41, 5.74) is 0.863. The van der Waals surface area contributed by atoms with Gasteiger partial charge >= 0.3 is 0 Å². The second-order valence-electron chi connectivity index (χ2n) is 5.01. The average molecular weight is 305 g/mol. The second kappa shape index (κ2) is 5.10. The molecule has 4 aromatic rings. The number of pyridine rings is 1. The second-order valence-corrected chi connectivity index (χ2v) is 5.01. The Labute approximate surface area is 130 Å². The van der Waals surface area contributed by atoms with E-state index < -0.39 is 0 Å². The van der Waals surface area contributed by atoms with Gasteiger partial charge in [0, 0.05) is 11.6 Å². The molecule has 0 radical (unpaired) electrons. The predicted molar refractivity (Wildman–Crippen MR) is 83.8 cm³/mol. The molecule has 0 fully saturated rings. The lowest BCUT2D eigenvalue weighted by Crippen LogP contribution is -1.88. The first kappa shape index (κ1) is 13.3. The number of fused-ring (bicyclic) bond motifs is 1. The molecule has 2 heterocycles. The van der Waals surface area contributed by atoms with Gasteiger partial charge in [-0.15, -0.1) is 0 Å². The minimum absolute atomic E-state index is 0.000774. The summed E-state index contributed by atoms with van der Waals surface area (Å²) in [5, 5.41) is 25.3. The first-order chi connectivity index (χ1) is 11.2. The van der Waals surface area contributed by atoms with Crippen molar-refractivity contribution in [3.8, 4) is 34.5 Å². The summed E-state index contributed by atoms with van der Waals surface area (Å²) in [7, 11) is 0. The van der Waals surface area contributed by atoms with E-state index in [1.807, 2.05) is 30.3 Å². The minimum atomic E-state index is -0.0520. The van der Waals surface area contributed by atoms with Crippen molar-refractivity contribution < 1.29 is 14.7 Å². The number of phenols is 2. The Morgan fingerprint density at radius 3 is 2.74 bits per heavy atom. The van der Waals surface area contributed by atoms with E-state index in [0.717, 1.165) is 10.8 Å². The van der Waals surface area contributed by atoms with Gasteiger partial charge in [0.2, 0.25) is 5.82 Å². The highest BCUT2D eigenvalue weighted by molar-refractivity contribution is 5.92. The Kier molecular flexibility index (Phi) is 2.94. The molecule has 0 bridgehead atoms. The van der Waals surface area contributed by atoms with E-state index in [1.165, 1.54) is 18.2 Å². The molecule has 0 aliphatic heterocycles. The molecule has 2 aromatic heterocycles. The topological polar surface area (TPSA) is 92.3 Å². The van der Waals surface area contributed by atoms with E-state index >= 15 is 0 Å². The molecule has 6 nitrogen and oxygen atoms in total. The largest absolute Gasteiger partial charge is 0.508 e. The van der Waals surface area contributed by atoms with Crippen LogP contribution in [-0.2, 0) is 0 Å². The fourth-order valence-corrected chi connectivity index (χ4v) is 2.42. The summed E-state index contributed by atoms with van der Waals surface area (Å²) in [6.45, 7) is 0. The van der Waals surface area contributed by atoms with Crippen LogP contribution >= 0.6 is 0 Å². The van der Waals surface area contributed by atoms with E-state index in [0.29, 0.717) is 11.5 Å². The summed E-state index contributed by atoms with van der Waals surface area (Å²) in [6.07, 6.45) is 1.68. The zero-order valence-corrected chi connectivity index (χ0v) is 11.8. The third-order valence-corrected chi connectivity index (χ3v) is 3.52. The van der Waals surface area contributed by atoms with Crippen LogP contribution in [0.15, 0.2) is 59.3 Å². The highest BCUT2D eigenvalue weighted by Gasteiger charge is 2.16. The molecule has 0 atom stereocenters. The van der Waals surface area contributed by atoms with Crippen LogP contribution in [0.5, 0.6) is 11.5 Å². The summed E-state index contributed by atoms with van der Waals surface area (Å²) < 4.78 is 5.22. The number of hydrogen-bond acceptors (Lipinski definition) is 6. The third kappa shape index (κ3) is 2.26. The minimum Gasteiger partial charge on any atom is -0.508 e. The average Bonchev–Trinajstić information content (AvgIpc) is 3.06. The van der Waals surface area contributed by atoms with Crippen LogP contribution in [0.25, 0.3) is 33.7 Å². The molecule has 4 rings (SSSR count). The molecular formula is C17H11N3O3. The lowest BCUT2D eigenvalue weighted by atomic mass is 10.1. The van der Waals surface area contributed by atoms with Crippen LogP contribution in [0.1, 0.15) is 0 Å². The zero-order chi connectivity index (χ0) is 15.8. The van der Waals surface area contributed by atoms with Crippen molar-refractivity contribution in [2.24, 2.45) is 0 Å². The number of hydrogen-bond donors (Lipinski definition) is 2. The van der Waals surface area contributed by atoms with Crippen LogP contribution < -0.4 is 0 Å². The molecule has 112 valence electrons. The van der Waals surface area contributed by atoms with Gasteiger partial charge in [-0.25, -0.2) is 0 Å². The van der Waals surface area contributed by atoms with Gasteiger partial charge in [-0.1, -0.05) is 29.4 Å². The predicted octanol–water partition coefficient (Wildman–Crippen LogP) is 3.36. The van der Waals surface area contributed by atoms with Crippen LogP contribution in [0, 0.1) is 0 Å². The zero-order valence-electron chi connectivity index (χ0n) is 11.8. The molecule has 0 amide bonds. The van der Waals surface area contributed by atoms with Gasteiger partial charge in [0.15, 0.2) is 0 Å². The lowest BCUT2D eigenvalue weighted by molar-refractivity contribution is 0.423. The Bertz CT molecular complexity index is 1010. The van der Waals surface area contributed by atoms with Gasteiger partial charge in [-0.2, -0.15) is 4.98 Å². The van der Waals surface area contributed by atoms with E-state index in [9.17, 15) is 10.2 Å². The molecule has 0 aliphatic carbocycles. The molecule has 0 saturated carbocycles. The fourth-order valence-electron chi connectivity index (χ4n) is 2.42. The lowest BCUT2D eigenvalue weighted by Gasteiger charge is -2.01. The standard InChI is InChI=1S/C17H11N3O3/c21-11-5-6-14(22)13(9-11)17-19-16(20-23-17)15-12-4-2-1-3-10(12)7-8-18-15/h1-9,21-22H. The van der Waals surface area contributed by atoms with Gasteiger partial charge in [0.25, 0.3) is 5.89 Å². The summed E-state index contributed by atoms with van der Waals surface area (Å²) in [4.78, 5) is 8.62. The maximum Gasteiger partial charge on any atom is 0.262 e. The highest BCUT2D eigenvalue weighted by atomic mass is 16.5. The van der Waals surface area contributed by atoms with Crippen molar-refractivity contribution in [2.75, 3.05) is 0 Å². The van der Waals surface area contributed by atoms with E-state index in [2.05, 4.69) is 15.1 Å².